The van der Waals surface area contributed by atoms with Gasteiger partial charge in [-0.2, -0.15) is 0 Å². The summed E-state index contributed by atoms with van der Waals surface area (Å²) in [4.78, 5) is 11.7. The monoisotopic (exact) mass is 1290 g/mol. The maximum atomic E-state index is 6.32. The van der Waals surface area contributed by atoms with Gasteiger partial charge >= 0.3 is 390 Å². The first kappa shape index (κ1) is 62.8. The molecule has 0 aliphatic heterocycles. The Bertz CT molecular complexity index is 2320. The Morgan fingerprint density at radius 2 is 0.645 bits per heavy atom. The SMILES string of the molecule is CCCCCCCCCCCCc1cc(-c2ccc(-c3cc(CCCCCCCCCCCC)c(Br)[se]3)c3nc(-c4ccc(OCCCCCCCC)cc4)c(-c4ccc(OCCCCCCCC)cc4)nc23)[se]c1Br. The molecule has 3 aromatic carbocycles. The summed E-state index contributed by atoms with van der Waals surface area (Å²) in [6.45, 7) is 10.7. The molecule has 0 saturated carbocycles. The summed E-state index contributed by atoms with van der Waals surface area (Å²) in [6, 6.07) is 27.1. The molecule has 6 aromatic rings. The third-order valence-electron chi connectivity index (χ3n) is 15.3. The Balaban J connectivity index is 1.31. The summed E-state index contributed by atoms with van der Waals surface area (Å²) < 4.78 is 18.2. The molecule has 0 N–H and O–H groups in total. The number of nitrogens with zero attached hydrogens (tertiary/aromatic N) is 2. The molecule has 416 valence electrons. The van der Waals surface area contributed by atoms with Crippen molar-refractivity contribution in [3.05, 3.63) is 90.6 Å². The van der Waals surface area contributed by atoms with Crippen molar-refractivity contribution in [1.29, 1.82) is 0 Å². The van der Waals surface area contributed by atoms with Gasteiger partial charge in [-0.3, -0.25) is 0 Å². The number of unbranched alkanes of at least 4 members (excludes halogenated alkanes) is 28. The second-order valence-corrected chi connectivity index (χ2v) is 30.1. The summed E-state index contributed by atoms with van der Waals surface area (Å²) in [5.74, 6) is 1.82. The van der Waals surface area contributed by atoms with E-state index in [1.807, 2.05) is 0 Å². The van der Waals surface area contributed by atoms with E-state index in [4.69, 9.17) is 19.4 Å². The van der Waals surface area contributed by atoms with Crippen LogP contribution in [0.4, 0.5) is 0 Å². The Hall–Kier alpha value is -2.44. The van der Waals surface area contributed by atoms with E-state index in [0.717, 1.165) is 83.9 Å². The van der Waals surface area contributed by atoms with Gasteiger partial charge < -0.3 is 0 Å². The van der Waals surface area contributed by atoms with E-state index in [1.165, 1.54) is 230 Å². The molecular weight excluding hydrogens is 1190 g/mol. The molecule has 0 radical (unpaired) electrons. The van der Waals surface area contributed by atoms with Crippen molar-refractivity contribution in [2.45, 2.75) is 246 Å². The Morgan fingerprint density at radius 1 is 0.355 bits per heavy atom. The van der Waals surface area contributed by atoms with Gasteiger partial charge in [0.15, 0.2) is 0 Å². The molecule has 0 aliphatic rings. The van der Waals surface area contributed by atoms with Gasteiger partial charge in [0.1, 0.15) is 0 Å². The van der Waals surface area contributed by atoms with Crippen molar-refractivity contribution in [3.63, 3.8) is 0 Å². The van der Waals surface area contributed by atoms with E-state index in [2.05, 4.69) is 132 Å². The zero-order valence-electron chi connectivity index (χ0n) is 47.7. The van der Waals surface area contributed by atoms with Gasteiger partial charge in [0, 0.05) is 0 Å². The van der Waals surface area contributed by atoms with Gasteiger partial charge in [-0.05, 0) is 0 Å². The fourth-order valence-corrected chi connectivity index (χ4v) is 17.0. The molecule has 0 spiro atoms. The van der Waals surface area contributed by atoms with Gasteiger partial charge in [-0.1, -0.05) is 105 Å². The normalized spacial score (nSPS) is 11.6. The zero-order chi connectivity index (χ0) is 53.4. The Labute approximate surface area is 491 Å². The first-order valence-electron chi connectivity index (χ1n) is 30.8. The third kappa shape index (κ3) is 21.6. The van der Waals surface area contributed by atoms with Crippen LogP contribution in [0.1, 0.15) is 244 Å². The summed E-state index contributed by atoms with van der Waals surface area (Å²) in [7, 11) is 0. The molecule has 0 amide bonds. The van der Waals surface area contributed by atoms with E-state index >= 15 is 0 Å². The van der Waals surface area contributed by atoms with Crippen LogP contribution in [0.15, 0.2) is 79.5 Å². The topological polar surface area (TPSA) is 44.2 Å². The van der Waals surface area contributed by atoms with Crippen LogP contribution < -0.4 is 9.47 Å². The van der Waals surface area contributed by atoms with Crippen LogP contribution in [-0.2, 0) is 12.8 Å². The molecule has 0 unspecified atom stereocenters. The molecule has 3 heterocycles. The average molecular weight is 1290 g/mol. The molecule has 3 aromatic heterocycles. The number of halogens is 2. The minimum absolute atomic E-state index is 0.159. The van der Waals surface area contributed by atoms with Crippen LogP contribution >= 0.6 is 31.9 Å². The van der Waals surface area contributed by atoms with E-state index in [9.17, 15) is 0 Å². The molecule has 4 nitrogen and oxygen atoms in total. The number of benzene rings is 3. The van der Waals surface area contributed by atoms with Gasteiger partial charge in [-0.25, -0.2) is 0 Å². The number of aromatic nitrogens is 2. The van der Waals surface area contributed by atoms with E-state index in [-0.39, 0.29) is 29.0 Å². The minimum atomic E-state index is 0.159. The van der Waals surface area contributed by atoms with Crippen molar-refractivity contribution in [2.75, 3.05) is 13.2 Å². The van der Waals surface area contributed by atoms with Crippen molar-refractivity contribution in [3.8, 4) is 54.0 Å². The van der Waals surface area contributed by atoms with E-state index in [0.29, 0.717) is 0 Å². The third-order valence-corrected chi connectivity index (χ3v) is 22.1. The van der Waals surface area contributed by atoms with E-state index in [1.54, 1.807) is 0 Å². The van der Waals surface area contributed by atoms with Crippen LogP contribution in [-0.4, -0.2) is 52.2 Å². The van der Waals surface area contributed by atoms with Gasteiger partial charge in [0.2, 0.25) is 0 Å². The number of fused-ring (bicyclic) bond motifs is 1. The molecule has 8 heteroatoms. The molecule has 0 bridgehead atoms. The predicted octanol–water partition coefficient (Wildman–Crippen LogP) is 22.3. The van der Waals surface area contributed by atoms with Crippen molar-refractivity contribution in [2.24, 2.45) is 0 Å². The van der Waals surface area contributed by atoms with Crippen LogP contribution in [0.2, 0.25) is 0 Å². The van der Waals surface area contributed by atoms with Gasteiger partial charge in [0.05, 0.1) is 0 Å². The number of hydrogen-bond acceptors (Lipinski definition) is 4. The first-order valence-corrected chi connectivity index (χ1v) is 35.8. The quantitative estimate of drug-likeness (QED) is 0.0283. The summed E-state index contributed by atoms with van der Waals surface area (Å²) in [5.41, 5.74) is 11.3. The number of hydrogen-bond donors (Lipinski definition) is 0. The Morgan fingerprint density at radius 3 is 0.961 bits per heavy atom. The number of rotatable bonds is 42. The number of ether oxygens (including phenoxy) is 2. The zero-order valence-corrected chi connectivity index (χ0v) is 54.3. The molecule has 0 fully saturated rings. The van der Waals surface area contributed by atoms with Crippen LogP contribution in [0, 0.1) is 0 Å². The van der Waals surface area contributed by atoms with Crippen molar-refractivity contribution in [1.82, 2.24) is 9.97 Å². The van der Waals surface area contributed by atoms with Crippen LogP contribution in [0.5, 0.6) is 11.5 Å². The summed E-state index contributed by atoms with van der Waals surface area (Å²) in [6.07, 6.45) is 44.4. The summed E-state index contributed by atoms with van der Waals surface area (Å²) >= 11 is 8.55. The standard InChI is InChI=1S/C68H96Br2N2O2Se2/c1-5-9-13-17-21-23-25-27-29-33-37-55-51-61(75-67(55)69)59-47-48-60(62-52-56(68(70)76-62)38-34-30-28-26-24-22-18-14-10-6-2)66-65(59)71-63(53-39-43-57(44-40-53)73-49-35-31-19-15-11-7-3)64(72-66)54-41-45-58(46-42-54)74-50-36-32-20-16-12-8-4/h39-48,51-52H,5-38,49-50H2,1-4H3. The maximum absolute atomic E-state index is 6.32. The molecular formula is C68H96Br2N2O2Se2. The van der Waals surface area contributed by atoms with Crippen molar-refractivity contribution >= 4 is 71.9 Å². The predicted molar refractivity (Wildman–Crippen MR) is 339 cm³/mol. The number of aryl methyl sites for hydroxylation is 2. The molecule has 76 heavy (non-hydrogen) atoms. The molecule has 0 aliphatic carbocycles. The van der Waals surface area contributed by atoms with E-state index < -0.39 is 0 Å². The fourth-order valence-electron chi connectivity index (χ4n) is 10.5. The van der Waals surface area contributed by atoms with Gasteiger partial charge in [0.25, 0.3) is 0 Å². The Kier molecular flexibility index (Phi) is 31.0. The molecule has 0 saturated heterocycles. The molecule has 6 rings (SSSR count). The summed E-state index contributed by atoms with van der Waals surface area (Å²) in [5, 5.41) is 0. The molecule has 0 atom stereocenters. The average Bonchev–Trinajstić information content (AvgIpc) is 4.04. The second kappa shape index (κ2) is 37.5. The first-order chi connectivity index (χ1) is 37.4. The van der Waals surface area contributed by atoms with Gasteiger partial charge in [-0.15, -0.1) is 0 Å². The van der Waals surface area contributed by atoms with Crippen LogP contribution in [0.3, 0.4) is 0 Å². The van der Waals surface area contributed by atoms with Crippen LogP contribution in [0.25, 0.3) is 53.5 Å². The van der Waals surface area contributed by atoms with Crippen molar-refractivity contribution < 1.29 is 9.47 Å². The second-order valence-electron chi connectivity index (χ2n) is 21.7. The fraction of sp³-hybridized carbons (Fsp3) is 0.588.